The summed E-state index contributed by atoms with van der Waals surface area (Å²) in [7, 11) is 18.5. The van der Waals surface area contributed by atoms with Crippen molar-refractivity contribution in [2.45, 2.75) is 51.4 Å². The van der Waals surface area contributed by atoms with Gasteiger partial charge in [-0.3, -0.25) is 0 Å². The summed E-state index contributed by atoms with van der Waals surface area (Å²) in [5.74, 6) is 1.05. The zero-order valence-electron chi connectivity index (χ0n) is 13.9. The van der Waals surface area contributed by atoms with E-state index in [1.165, 1.54) is 57.9 Å². The maximum atomic E-state index is 5.47. The van der Waals surface area contributed by atoms with E-state index in [1.54, 1.807) is 0 Å². The Kier molecular flexibility index (Phi) is 12.7. The predicted molar refractivity (Wildman–Crippen MR) is 124 cm³/mol. The van der Waals surface area contributed by atoms with Crippen LogP contribution in [0.3, 0.4) is 0 Å². The zero-order chi connectivity index (χ0) is 18.8. The molecule has 24 heavy (non-hydrogen) atoms. The second-order valence-corrected chi connectivity index (χ2v) is 57.2. The molecule has 0 amide bonds. The van der Waals surface area contributed by atoms with Gasteiger partial charge < -0.3 is 9.80 Å². The van der Waals surface area contributed by atoms with Crippen LogP contribution in [0.4, 0.5) is 0 Å². The summed E-state index contributed by atoms with van der Waals surface area (Å²) >= 11 is 12.8. The van der Waals surface area contributed by atoms with Gasteiger partial charge in [0.05, 0.1) is 6.67 Å². The minimum atomic E-state index is -3.90. The van der Waals surface area contributed by atoms with Crippen LogP contribution in [0, 0.1) is 0 Å². The van der Waals surface area contributed by atoms with Crippen molar-refractivity contribution in [1.82, 2.24) is 9.80 Å². The van der Waals surface area contributed by atoms with Crippen LogP contribution in [0.2, 0.25) is 0 Å². The van der Waals surface area contributed by atoms with Crippen molar-refractivity contribution in [1.29, 1.82) is 0 Å². The normalized spacial score (nSPS) is 17.3. The molecule has 0 aromatic rings. The Bertz CT molecular complexity index is 368. The van der Waals surface area contributed by atoms with E-state index >= 15 is 0 Å². The van der Waals surface area contributed by atoms with Crippen molar-refractivity contribution in [2.75, 3.05) is 26.0 Å². The Morgan fingerprint density at radius 3 is 1.67 bits per heavy atom. The van der Waals surface area contributed by atoms with Gasteiger partial charge in [-0.1, -0.05) is 38.5 Å². The number of hydrogen-bond donors (Lipinski definition) is 1. The first-order valence-electron chi connectivity index (χ1n) is 7.86. The summed E-state index contributed by atoms with van der Waals surface area (Å²) < 4.78 is -3.90. The van der Waals surface area contributed by atoms with Gasteiger partial charge in [0.25, 0.3) is 0 Å². The van der Waals surface area contributed by atoms with Crippen LogP contribution in [0.5, 0.6) is 0 Å². The standard InChI is InChI=1S/C14H28N2S.3BrH.3ClH.Fe/c1-15-11-12-16(14-15)10-8-6-4-2-3-5-7-9-13-17;;;;;;;/h11-12,17H,2-10,13-14H2,1H3;6*1H;/q;;;;;;;+6/p-6. The van der Waals surface area contributed by atoms with E-state index in [-0.39, 0.29) is 0 Å². The van der Waals surface area contributed by atoms with Gasteiger partial charge in [0.15, 0.2) is 0 Å². The summed E-state index contributed by atoms with van der Waals surface area (Å²) in [5.41, 5.74) is 0. The molecule has 1 rings (SSSR count). The van der Waals surface area contributed by atoms with Crippen LogP contribution >= 0.6 is 85.3 Å². The van der Waals surface area contributed by atoms with Crippen LogP contribution in [-0.2, 0) is 2.57 Å². The van der Waals surface area contributed by atoms with Crippen molar-refractivity contribution in [3.05, 3.63) is 12.4 Å². The third kappa shape index (κ3) is 26.7. The average molecular weight is 658 g/mol. The summed E-state index contributed by atoms with van der Waals surface area (Å²) in [4.78, 5) is 4.62. The molecule has 0 fully saturated rings. The summed E-state index contributed by atoms with van der Waals surface area (Å²) in [5, 5.41) is 0. The quantitative estimate of drug-likeness (QED) is 0.143. The number of nitrogens with zero attached hydrogens (tertiary/aromatic N) is 2. The van der Waals surface area contributed by atoms with Gasteiger partial charge in [-0.25, -0.2) is 0 Å². The Labute approximate surface area is 185 Å². The molecule has 0 aromatic heterocycles. The molecular formula is C14H28Br3Cl3FeN2S. The second kappa shape index (κ2) is 11.5. The first-order valence-corrected chi connectivity index (χ1v) is 21.2. The third-order valence-electron chi connectivity index (χ3n) is 3.29. The molecule has 0 spiro atoms. The molecule has 0 aromatic carbocycles. The van der Waals surface area contributed by atoms with E-state index in [0.29, 0.717) is 0 Å². The molecule has 0 aliphatic carbocycles. The van der Waals surface area contributed by atoms with Gasteiger partial charge in [0, 0.05) is 26.0 Å². The van der Waals surface area contributed by atoms with Crippen molar-refractivity contribution in [2.24, 2.45) is 0 Å². The SMILES string of the molecule is CN1C=CN(CCCCCCCCCCS)C1.[Cl][Fe]([Cl])([Cl])([Br])([Br])[Br]. The zero-order valence-corrected chi connectivity index (χ0v) is 22.9. The van der Waals surface area contributed by atoms with E-state index < -0.39 is 2.57 Å². The Balaban J connectivity index is 0.000000640. The topological polar surface area (TPSA) is 6.48 Å². The molecule has 0 unspecified atom stereocenters. The fraction of sp³-hybridized carbons (Fsp3) is 0.857. The number of rotatable bonds is 10. The van der Waals surface area contributed by atoms with Crippen LogP contribution in [0.25, 0.3) is 0 Å². The number of thiol groups is 1. The molecular weight excluding hydrogens is 630 g/mol. The molecule has 1 aliphatic rings. The van der Waals surface area contributed by atoms with Gasteiger partial charge in [-0.05, 0) is 18.6 Å². The van der Waals surface area contributed by atoms with Gasteiger partial charge in [-0.2, -0.15) is 12.6 Å². The van der Waals surface area contributed by atoms with E-state index in [2.05, 4.69) is 84.2 Å². The maximum absolute atomic E-state index is 5.47. The Morgan fingerprint density at radius 2 is 1.29 bits per heavy atom. The molecule has 2 nitrogen and oxygen atoms in total. The fourth-order valence-electron chi connectivity index (χ4n) is 2.22. The van der Waals surface area contributed by atoms with E-state index in [4.69, 9.17) is 30.3 Å². The van der Waals surface area contributed by atoms with Crippen LogP contribution in [0.1, 0.15) is 51.4 Å². The van der Waals surface area contributed by atoms with Gasteiger partial charge in [-0.15, -0.1) is 0 Å². The van der Waals surface area contributed by atoms with Crippen LogP contribution in [0.15, 0.2) is 12.4 Å². The van der Waals surface area contributed by atoms with Gasteiger partial charge in [0.1, 0.15) is 0 Å². The van der Waals surface area contributed by atoms with E-state index in [9.17, 15) is 0 Å². The van der Waals surface area contributed by atoms with Crippen LogP contribution in [-0.4, -0.2) is 35.8 Å². The second-order valence-electron chi connectivity index (χ2n) is 5.82. The van der Waals surface area contributed by atoms with E-state index in [1.807, 2.05) is 0 Å². The molecule has 0 saturated carbocycles. The molecule has 1 heterocycles. The molecule has 0 N–H and O–H groups in total. The monoisotopic (exact) mass is 654 g/mol. The minimum absolute atomic E-state index is 1.05. The first-order chi connectivity index (χ1) is 10.8. The average Bonchev–Trinajstić information content (AvgIpc) is 2.79. The van der Waals surface area contributed by atoms with Crippen LogP contribution < -0.4 is 0 Å². The van der Waals surface area contributed by atoms with Crippen molar-refractivity contribution in [3.63, 3.8) is 0 Å². The Hall–Kier alpha value is 2.52. The molecule has 10 heteroatoms. The van der Waals surface area contributed by atoms with Gasteiger partial charge in [0.2, 0.25) is 0 Å². The van der Waals surface area contributed by atoms with Crippen molar-refractivity contribution in [3.8, 4) is 0 Å². The predicted octanol–water partition coefficient (Wildman–Crippen LogP) is 8.32. The van der Waals surface area contributed by atoms with Gasteiger partial charge >= 0.3 is 75.2 Å². The van der Waals surface area contributed by atoms with Crippen molar-refractivity contribution < 1.29 is 2.57 Å². The molecule has 0 radical (unpaired) electrons. The number of unbranched alkanes of at least 4 members (excludes halogenated alkanes) is 7. The molecule has 1 aliphatic heterocycles. The number of hydrogen-bond acceptors (Lipinski definition) is 3. The third-order valence-corrected chi connectivity index (χ3v) is 3.61. The summed E-state index contributed by atoms with van der Waals surface area (Å²) in [6, 6.07) is 0. The van der Waals surface area contributed by atoms with Crippen molar-refractivity contribution >= 4 is 85.3 Å². The molecule has 0 saturated heterocycles. The Morgan fingerprint density at radius 1 is 0.875 bits per heavy atom. The summed E-state index contributed by atoms with van der Waals surface area (Å²) in [6.07, 6.45) is 15.4. The molecule has 0 atom stereocenters. The molecule has 150 valence electrons. The summed E-state index contributed by atoms with van der Waals surface area (Å²) in [6.45, 7) is 2.30. The van der Waals surface area contributed by atoms with E-state index in [0.717, 1.165) is 12.4 Å². The fourth-order valence-corrected chi connectivity index (χ4v) is 2.45. The first kappa shape index (κ1) is 26.5. The molecule has 0 bridgehead atoms. The number of halogens is 6.